The summed E-state index contributed by atoms with van der Waals surface area (Å²) >= 11 is 1.95. The van der Waals surface area contributed by atoms with Gasteiger partial charge in [-0.3, -0.25) is 4.79 Å². The van der Waals surface area contributed by atoms with Gasteiger partial charge in [-0.15, -0.1) is 11.8 Å². The van der Waals surface area contributed by atoms with Crippen molar-refractivity contribution in [1.82, 2.24) is 0 Å². The van der Waals surface area contributed by atoms with Gasteiger partial charge in [0, 0.05) is 15.8 Å². The molecule has 1 saturated carbocycles. The summed E-state index contributed by atoms with van der Waals surface area (Å²) in [6, 6.07) is 7.59. The predicted octanol–water partition coefficient (Wildman–Crippen LogP) is 4.03. The van der Waals surface area contributed by atoms with Crippen molar-refractivity contribution in [3.8, 4) is 0 Å². The van der Waals surface area contributed by atoms with Crippen LogP contribution >= 0.6 is 11.8 Å². The summed E-state index contributed by atoms with van der Waals surface area (Å²) in [6.07, 6.45) is 5.36. The van der Waals surface area contributed by atoms with E-state index in [0.29, 0.717) is 0 Å². The standard InChI is InChI=1S/C17H26N2OS/c1-17(2,3)15(18)16(20)19-12-8-10-14(11-9-12)21-13-6-4-5-7-13/h8-11,13,15H,4-7,18H2,1-3H3,(H,19,20)/t15-/m1/s1. The molecule has 0 radical (unpaired) electrons. The molecular weight excluding hydrogens is 280 g/mol. The molecule has 3 nitrogen and oxygen atoms in total. The second-order valence-electron chi connectivity index (χ2n) is 6.88. The molecule has 1 fully saturated rings. The fourth-order valence-electron chi connectivity index (χ4n) is 2.43. The third-order valence-corrected chi connectivity index (χ3v) is 5.29. The summed E-state index contributed by atoms with van der Waals surface area (Å²) in [5.41, 5.74) is 6.55. The molecule has 1 aliphatic rings. The molecule has 0 spiro atoms. The van der Waals surface area contributed by atoms with Gasteiger partial charge in [0.2, 0.25) is 5.91 Å². The quantitative estimate of drug-likeness (QED) is 0.883. The largest absolute Gasteiger partial charge is 0.325 e. The average molecular weight is 306 g/mol. The third kappa shape index (κ3) is 4.75. The Hall–Kier alpha value is -1.00. The average Bonchev–Trinajstić information content (AvgIpc) is 2.92. The van der Waals surface area contributed by atoms with Crippen molar-refractivity contribution in [3.05, 3.63) is 24.3 Å². The Morgan fingerprint density at radius 2 is 1.81 bits per heavy atom. The minimum Gasteiger partial charge on any atom is -0.325 e. The van der Waals surface area contributed by atoms with E-state index in [1.165, 1.54) is 30.6 Å². The fraction of sp³-hybridized carbons (Fsp3) is 0.588. The van der Waals surface area contributed by atoms with E-state index in [9.17, 15) is 4.79 Å². The summed E-state index contributed by atoms with van der Waals surface area (Å²) in [5, 5.41) is 3.66. The van der Waals surface area contributed by atoms with Gasteiger partial charge in [0.25, 0.3) is 0 Å². The first-order chi connectivity index (χ1) is 9.86. The minimum absolute atomic E-state index is 0.126. The van der Waals surface area contributed by atoms with Crippen LogP contribution in [-0.2, 0) is 4.79 Å². The first-order valence-corrected chi connectivity index (χ1v) is 8.57. The van der Waals surface area contributed by atoms with Crippen molar-refractivity contribution in [2.75, 3.05) is 5.32 Å². The lowest BCUT2D eigenvalue weighted by Gasteiger charge is -2.25. The molecule has 116 valence electrons. The van der Waals surface area contributed by atoms with E-state index in [-0.39, 0.29) is 11.3 Å². The van der Waals surface area contributed by atoms with Crippen LogP contribution in [0.3, 0.4) is 0 Å². The van der Waals surface area contributed by atoms with E-state index in [0.717, 1.165) is 10.9 Å². The number of nitrogens with two attached hydrogens (primary N) is 1. The van der Waals surface area contributed by atoms with Crippen LogP contribution < -0.4 is 11.1 Å². The van der Waals surface area contributed by atoms with Gasteiger partial charge < -0.3 is 11.1 Å². The Bertz CT molecular complexity index is 473. The molecular formula is C17H26N2OS. The summed E-state index contributed by atoms with van der Waals surface area (Å²) < 4.78 is 0. The Morgan fingerprint density at radius 3 is 2.33 bits per heavy atom. The zero-order valence-electron chi connectivity index (χ0n) is 13.2. The summed E-state index contributed by atoms with van der Waals surface area (Å²) in [4.78, 5) is 13.4. The van der Waals surface area contributed by atoms with Gasteiger partial charge in [-0.05, 0) is 42.5 Å². The summed E-state index contributed by atoms with van der Waals surface area (Å²) in [5.74, 6) is -0.126. The third-order valence-electron chi connectivity index (χ3n) is 3.94. The number of anilines is 1. The lowest BCUT2D eigenvalue weighted by Crippen LogP contribution is -2.45. The molecule has 2 rings (SSSR count). The molecule has 1 aliphatic carbocycles. The maximum atomic E-state index is 12.1. The van der Waals surface area contributed by atoms with Gasteiger partial charge in [-0.25, -0.2) is 0 Å². The number of carbonyl (C=O) groups is 1. The van der Waals surface area contributed by atoms with E-state index in [4.69, 9.17) is 5.73 Å². The second kappa shape index (κ2) is 6.84. The lowest BCUT2D eigenvalue weighted by atomic mass is 9.87. The maximum Gasteiger partial charge on any atom is 0.241 e. The lowest BCUT2D eigenvalue weighted by molar-refractivity contribution is -0.119. The second-order valence-corrected chi connectivity index (χ2v) is 8.26. The molecule has 4 heteroatoms. The van der Waals surface area contributed by atoms with Gasteiger partial charge >= 0.3 is 0 Å². The van der Waals surface area contributed by atoms with Crippen molar-refractivity contribution in [3.63, 3.8) is 0 Å². The van der Waals surface area contributed by atoms with Gasteiger partial charge in [0.15, 0.2) is 0 Å². The highest BCUT2D eigenvalue weighted by Crippen LogP contribution is 2.35. The highest BCUT2D eigenvalue weighted by atomic mass is 32.2. The molecule has 0 aromatic heterocycles. The van der Waals surface area contributed by atoms with E-state index in [1.807, 2.05) is 44.7 Å². The number of carbonyl (C=O) groups excluding carboxylic acids is 1. The number of hydrogen-bond acceptors (Lipinski definition) is 3. The highest BCUT2D eigenvalue weighted by Gasteiger charge is 2.27. The van der Waals surface area contributed by atoms with Crippen LogP contribution in [0.4, 0.5) is 5.69 Å². The van der Waals surface area contributed by atoms with Crippen LogP contribution in [0.5, 0.6) is 0 Å². The zero-order valence-corrected chi connectivity index (χ0v) is 14.0. The van der Waals surface area contributed by atoms with Crippen molar-refractivity contribution in [1.29, 1.82) is 0 Å². The van der Waals surface area contributed by atoms with Gasteiger partial charge in [0.05, 0.1) is 6.04 Å². The molecule has 0 aliphatic heterocycles. The van der Waals surface area contributed by atoms with Crippen molar-refractivity contribution in [2.45, 2.75) is 62.6 Å². The SMILES string of the molecule is CC(C)(C)[C@H](N)C(=O)Nc1ccc(SC2CCCC2)cc1. The van der Waals surface area contributed by atoms with E-state index >= 15 is 0 Å². The van der Waals surface area contributed by atoms with E-state index in [2.05, 4.69) is 17.4 Å². The molecule has 1 atom stereocenters. The Kier molecular flexibility index (Phi) is 5.33. The van der Waals surface area contributed by atoms with Gasteiger partial charge in [-0.2, -0.15) is 0 Å². The molecule has 21 heavy (non-hydrogen) atoms. The number of thioether (sulfide) groups is 1. The summed E-state index contributed by atoms with van der Waals surface area (Å²) in [7, 11) is 0. The monoisotopic (exact) mass is 306 g/mol. The normalized spacial score (nSPS) is 17.7. The van der Waals surface area contributed by atoms with E-state index < -0.39 is 6.04 Å². The Labute approximate surface area is 132 Å². The summed E-state index contributed by atoms with van der Waals surface area (Å²) in [6.45, 7) is 5.91. The molecule has 1 amide bonds. The van der Waals surface area contributed by atoms with Crippen molar-refractivity contribution >= 4 is 23.4 Å². The predicted molar refractivity (Wildman–Crippen MR) is 90.6 cm³/mol. The number of nitrogens with one attached hydrogen (secondary N) is 1. The van der Waals surface area contributed by atoms with Crippen LogP contribution in [0.15, 0.2) is 29.2 Å². The molecule has 1 aromatic carbocycles. The van der Waals surface area contributed by atoms with Crippen LogP contribution in [0.2, 0.25) is 0 Å². The highest BCUT2D eigenvalue weighted by molar-refractivity contribution is 8.00. The maximum absolute atomic E-state index is 12.1. The Morgan fingerprint density at radius 1 is 1.24 bits per heavy atom. The number of amides is 1. The topological polar surface area (TPSA) is 55.1 Å². The molecule has 3 N–H and O–H groups in total. The first-order valence-electron chi connectivity index (χ1n) is 7.69. The number of rotatable bonds is 4. The molecule has 0 heterocycles. The van der Waals surface area contributed by atoms with Gasteiger partial charge in [-0.1, -0.05) is 33.6 Å². The van der Waals surface area contributed by atoms with Crippen molar-refractivity contribution in [2.24, 2.45) is 11.1 Å². The molecule has 0 unspecified atom stereocenters. The number of hydrogen-bond donors (Lipinski definition) is 2. The minimum atomic E-state index is -0.509. The Balaban J connectivity index is 1.91. The molecule has 0 bridgehead atoms. The van der Waals surface area contributed by atoms with E-state index in [1.54, 1.807) is 0 Å². The molecule has 0 saturated heterocycles. The smallest absolute Gasteiger partial charge is 0.241 e. The fourth-order valence-corrected chi connectivity index (χ4v) is 3.68. The van der Waals surface area contributed by atoms with Crippen LogP contribution in [0, 0.1) is 5.41 Å². The van der Waals surface area contributed by atoms with Gasteiger partial charge in [0.1, 0.15) is 0 Å². The van der Waals surface area contributed by atoms with Crippen molar-refractivity contribution < 1.29 is 4.79 Å². The zero-order chi connectivity index (χ0) is 15.5. The molecule has 1 aromatic rings. The van der Waals surface area contributed by atoms with Crippen LogP contribution in [-0.4, -0.2) is 17.2 Å². The number of benzene rings is 1. The van der Waals surface area contributed by atoms with Crippen LogP contribution in [0.25, 0.3) is 0 Å². The van der Waals surface area contributed by atoms with Crippen LogP contribution in [0.1, 0.15) is 46.5 Å². The first kappa shape index (κ1) is 16.4.